The molecule has 1 heterocycles. The van der Waals surface area contributed by atoms with Crippen molar-refractivity contribution in [1.82, 2.24) is 4.90 Å². The van der Waals surface area contributed by atoms with Crippen LogP contribution in [0.5, 0.6) is 23.0 Å². The molecule has 65 heavy (non-hydrogen) atoms. The van der Waals surface area contributed by atoms with E-state index in [1.165, 1.54) is 41.3 Å². The molecule has 0 bridgehead atoms. The lowest BCUT2D eigenvalue weighted by Gasteiger charge is -2.59. The molecule has 0 saturated heterocycles. The molecular weight excluding hydrogens is 854 g/mol. The number of benzene rings is 4. The number of halogens is 1. The molecule has 3 aliphatic rings. The molecule has 6 atom stereocenters. The van der Waals surface area contributed by atoms with Gasteiger partial charge in [0.15, 0.2) is 0 Å². The van der Waals surface area contributed by atoms with Crippen molar-refractivity contribution in [2.24, 2.45) is 22.9 Å². The fraction of sp³-hybridized carbons (Fsp3) is 0.400. The van der Waals surface area contributed by atoms with Crippen LogP contribution in [0.15, 0.2) is 125 Å². The molecule has 0 unspecified atom stereocenters. The van der Waals surface area contributed by atoms with Gasteiger partial charge in [0.1, 0.15) is 41.5 Å². The first-order valence-corrected chi connectivity index (χ1v) is 23.3. The van der Waals surface area contributed by atoms with Gasteiger partial charge >= 0.3 is 6.09 Å². The van der Waals surface area contributed by atoms with E-state index in [1.807, 2.05) is 55.6 Å². The van der Waals surface area contributed by atoms with Gasteiger partial charge in [-0.3, -0.25) is 15.0 Å². The third kappa shape index (κ3) is 10.7. The van der Waals surface area contributed by atoms with Gasteiger partial charge in [-0.15, -0.1) is 18.3 Å². The van der Waals surface area contributed by atoms with Crippen molar-refractivity contribution in [2.45, 2.75) is 81.1 Å². The van der Waals surface area contributed by atoms with Gasteiger partial charge in [-0.2, -0.15) is 0 Å². The number of carbonyl (C=O) groups is 1. The molecule has 0 aromatic heterocycles. The fourth-order valence-electron chi connectivity index (χ4n) is 9.52. The zero-order chi connectivity index (χ0) is 45.9. The SMILES string of the molecule is C=CCO[C@@]12Oc3ccc(Oc4ccc(SC)cc4)cc3[C@H]3[C@H](CCCCO)[C@@H](CCCCO)C=C(C(=NOCC)C[C@@H]1N(Cc1ccc(F)cc1)C(=O)Oc1ccc([N+](=O)[O-])cc1)[C@H]32. The highest BCUT2D eigenvalue weighted by atomic mass is 32.2. The van der Waals surface area contributed by atoms with E-state index in [4.69, 9.17) is 28.9 Å². The lowest BCUT2D eigenvalue weighted by molar-refractivity contribution is -0.384. The van der Waals surface area contributed by atoms with Crippen molar-refractivity contribution in [1.29, 1.82) is 0 Å². The van der Waals surface area contributed by atoms with Gasteiger partial charge in [0.2, 0.25) is 5.79 Å². The monoisotopic (exact) mass is 909 g/mol. The molecular formula is C50H56FN3O10S. The topological polar surface area (TPSA) is 162 Å². The molecule has 0 spiro atoms. The molecule has 15 heteroatoms. The van der Waals surface area contributed by atoms with E-state index in [-0.39, 0.29) is 68.6 Å². The molecule has 1 amide bonds. The lowest BCUT2D eigenvalue weighted by Crippen LogP contribution is -2.70. The third-order valence-corrected chi connectivity index (χ3v) is 13.1. The number of hydrogen-bond donors (Lipinski definition) is 2. The largest absolute Gasteiger partial charge is 0.459 e. The molecule has 0 radical (unpaired) electrons. The Morgan fingerprint density at radius 1 is 0.985 bits per heavy atom. The molecule has 344 valence electrons. The minimum Gasteiger partial charge on any atom is -0.459 e. The number of allylic oxidation sites excluding steroid dienone is 1. The van der Waals surface area contributed by atoms with Crippen LogP contribution in [0.3, 0.4) is 0 Å². The average Bonchev–Trinajstić information content (AvgIpc) is 3.31. The van der Waals surface area contributed by atoms with E-state index in [1.54, 1.807) is 30.0 Å². The number of amides is 1. The van der Waals surface area contributed by atoms with Crippen molar-refractivity contribution in [3.05, 3.63) is 142 Å². The smallest absolute Gasteiger partial charge is 0.416 e. The number of fused-ring (bicyclic) bond motifs is 2. The Labute approximate surface area is 383 Å². The van der Waals surface area contributed by atoms with E-state index < -0.39 is 34.6 Å². The number of non-ortho nitro benzene ring substituents is 1. The molecule has 1 fully saturated rings. The van der Waals surface area contributed by atoms with Crippen molar-refractivity contribution in [3.63, 3.8) is 0 Å². The Morgan fingerprint density at radius 3 is 2.34 bits per heavy atom. The first-order chi connectivity index (χ1) is 31.6. The van der Waals surface area contributed by atoms with Crippen molar-refractivity contribution in [3.8, 4) is 23.0 Å². The maximum Gasteiger partial charge on any atom is 0.416 e. The summed E-state index contributed by atoms with van der Waals surface area (Å²) in [4.78, 5) is 34.3. The van der Waals surface area contributed by atoms with E-state index in [2.05, 4.69) is 12.7 Å². The Bertz CT molecular complexity index is 2330. The van der Waals surface area contributed by atoms with Gasteiger partial charge < -0.3 is 34.0 Å². The maximum atomic E-state index is 14.9. The number of nitro benzene ring substituents is 1. The van der Waals surface area contributed by atoms with Gasteiger partial charge in [-0.25, -0.2) is 9.18 Å². The number of thioether (sulfide) groups is 1. The Balaban J connectivity index is 1.44. The van der Waals surface area contributed by atoms with Crippen molar-refractivity contribution < 1.29 is 48.1 Å². The first kappa shape index (κ1) is 47.2. The summed E-state index contributed by atoms with van der Waals surface area (Å²) < 4.78 is 41.3. The Hall–Kier alpha value is -5.74. The zero-order valence-corrected chi connectivity index (χ0v) is 37.5. The number of oxime groups is 1. The number of aliphatic hydroxyl groups is 2. The van der Waals surface area contributed by atoms with Crippen LogP contribution in [0.25, 0.3) is 0 Å². The van der Waals surface area contributed by atoms with Crippen LogP contribution < -0.4 is 14.2 Å². The normalized spacial score (nSPS) is 22.4. The van der Waals surface area contributed by atoms with Gasteiger partial charge in [-0.05, 0) is 129 Å². The molecule has 4 aromatic carbocycles. The first-order valence-electron chi connectivity index (χ1n) is 22.1. The summed E-state index contributed by atoms with van der Waals surface area (Å²) in [5.74, 6) is -1.15. The maximum absolute atomic E-state index is 14.9. The van der Waals surface area contributed by atoms with Crippen LogP contribution in [0.1, 0.15) is 68.9 Å². The van der Waals surface area contributed by atoms with Crippen molar-refractivity contribution in [2.75, 3.05) is 32.7 Å². The minimum atomic E-state index is -1.61. The summed E-state index contributed by atoms with van der Waals surface area (Å²) in [7, 11) is 0. The number of rotatable bonds is 21. The Morgan fingerprint density at radius 2 is 1.68 bits per heavy atom. The predicted octanol–water partition coefficient (Wildman–Crippen LogP) is 10.6. The second-order valence-electron chi connectivity index (χ2n) is 16.3. The molecule has 2 aliphatic carbocycles. The predicted molar refractivity (Wildman–Crippen MR) is 246 cm³/mol. The molecule has 1 saturated carbocycles. The number of nitro groups is 1. The summed E-state index contributed by atoms with van der Waals surface area (Å²) in [6, 6.07) is 23.7. The molecule has 7 rings (SSSR count). The van der Waals surface area contributed by atoms with Gasteiger partial charge in [-0.1, -0.05) is 42.3 Å². The van der Waals surface area contributed by atoms with Crippen LogP contribution >= 0.6 is 11.8 Å². The number of ether oxygens (including phenoxy) is 4. The number of nitrogens with zero attached hydrogens (tertiary/aromatic N) is 3. The van der Waals surface area contributed by atoms with Gasteiger partial charge in [0.05, 0.1) is 23.2 Å². The summed E-state index contributed by atoms with van der Waals surface area (Å²) >= 11 is 1.64. The van der Waals surface area contributed by atoms with E-state index in [0.29, 0.717) is 41.4 Å². The molecule has 4 aromatic rings. The second-order valence-corrected chi connectivity index (χ2v) is 17.2. The molecule has 13 nitrogen and oxygen atoms in total. The van der Waals surface area contributed by atoms with Gasteiger partial charge in [0.25, 0.3) is 5.69 Å². The van der Waals surface area contributed by atoms with Gasteiger partial charge in [0, 0.05) is 54.7 Å². The summed E-state index contributed by atoms with van der Waals surface area (Å²) in [6.45, 7) is 6.18. The minimum absolute atomic E-state index is 0.00834. The number of hydrogen-bond acceptors (Lipinski definition) is 12. The fourth-order valence-corrected chi connectivity index (χ4v) is 9.93. The van der Waals surface area contributed by atoms with E-state index in [0.717, 1.165) is 41.7 Å². The summed E-state index contributed by atoms with van der Waals surface area (Å²) in [5.41, 5.74) is 2.74. The Kier molecular flexibility index (Phi) is 16.0. The highest BCUT2D eigenvalue weighted by Gasteiger charge is 2.65. The van der Waals surface area contributed by atoms with E-state index in [9.17, 15) is 29.5 Å². The average molecular weight is 910 g/mol. The highest BCUT2D eigenvalue weighted by Crippen LogP contribution is 2.62. The molecule has 2 N–H and O–H groups in total. The van der Waals surface area contributed by atoms with Crippen LogP contribution in [-0.4, -0.2) is 76.4 Å². The van der Waals surface area contributed by atoms with Crippen LogP contribution in [0.2, 0.25) is 0 Å². The number of unbranched alkanes of at least 4 members (excludes halogenated alkanes) is 2. The third-order valence-electron chi connectivity index (χ3n) is 12.4. The quantitative estimate of drug-likeness (QED) is 0.0269. The lowest BCUT2D eigenvalue weighted by atomic mass is 9.55. The van der Waals surface area contributed by atoms with E-state index >= 15 is 0 Å². The highest BCUT2D eigenvalue weighted by molar-refractivity contribution is 7.98. The number of aliphatic hydroxyl groups excluding tert-OH is 2. The summed E-state index contributed by atoms with van der Waals surface area (Å²) in [6.07, 6.45) is 9.43. The zero-order valence-electron chi connectivity index (χ0n) is 36.7. The second kappa shape index (κ2) is 22.0. The van der Waals surface area contributed by atoms with Crippen LogP contribution in [0, 0.1) is 33.7 Å². The molecule has 1 aliphatic heterocycles. The van der Waals surface area contributed by atoms with Crippen LogP contribution in [0.4, 0.5) is 14.9 Å². The number of carbonyl (C=O) groups excluding carboxylic acids is 1. The van der Waals surface area contributed by atoms with Crippen molar-refractivity contribution >= 4 is 29.3 Å². The summed E-state index contributed by atoms with van der Waals surface area (Å²) in [5, 5.41) is 36.1. The standard InChI is InChI=1S/C50H56FN3O10S/c1-4-28-60-50-46(53(32-33-12-14-35(51)15-13-33)49(57)63-38-18-16-36(17-19-38)54(58)59)31-44(52-61-5-2)42-29-34(10-6-8-26-55)41(11-7-9-27-56)47(48(42)50)43-30-39(22-25-45(43)64-50)62-37-20-23-40(65-3)24-21-37/h4,12-25,29-30,34,41,46-48,55-56H,1,5-11,26-28,31-32H2,2-3H3/t34-,41+,46-,47+,48+,50+/m0/s1. The van der Waals surface area contributed by atoms with Crippen LogP contribution in [-0.2, 0) is 16.1 Å².